The molecule has 28 heavy (non-hydrogen) atoms. The first-order valence-electron chi connectivity index (χ1n) is 9.65. The summed E-state index contributed by atoms with van der Waals surface area (Å²) in [6, 6.07) is 5.68. The number of benzene rings is 1. The van der Waals surface area contributed by atoms with E-state index in [9.17, 15) is 5.11 Å². The zero-order chi connectivity index (χ0) is 19.9. The monoisotopic (exact) mass is 384 g/mol. The van der Waals surface area contributed by atoms with Crippen molar-refractivity contribution in [3.8, 4) is 5.75 Å². The highest BCUT2D eigenvalue weighted by atomic mass is 16.5. The normalized spacial score (nSPS) is 11.1. The zero-order valence-electron chi connectivity index (χ0n) is 16.5. The number of nitrogens with two attached hydrogens (primary N) is 1. The maximum Gasteiger partial charge on any atom is 0.224 e. The Morgan fingerprint density at radius 1 is 1.21 bits per heavy atom. The van der Waals surface area contributed by atoms with Gasteiger partial charge in [-0.25, -0.2) is 4.98 Å². The van der Waals surface area contributed by atoms with Crippen molar-refractivity contribution in [3.63, 3.8) is 0 Å². The number of fused-ring (bicyclic) bond motifs is 1. The Hall–Kier alpha value is -2.87. The van der Waals surface area contributed by atoms with E-state index in [2.05, 4.69) is 27.2 Å². The molecule has 0 radical (unpaired) electrons. The number of hydrogen-bond donors (Lipinski definition) is 3. The summed E-state index contributed by atoms with van der Waals surface area (Å²) in [5, 5.41) is 12.7. The number of ether oxygens (including phenoxy) is 1. The fourth-order valence-electron chi connectivity index (χ4n) is 3.20. The highest BCUT2D eigenvalue weighted by Gasteiger charge is 2.14. The van der Waals surface area contributed by atoms with E-state index >= 15 is 0 Å². The first-order chi connectivity index (χ1) is 13.7. The maximum absolute atomic E-state index is 9.34. The van der Waals surface area contributed by atoms with Crippen LogP contribution in [0.25, 0.3) is 11.2 Å². The molecular formula is C20H28N6O2. The molecule has 3 aromatic rings. The molecule has 2 heterocycles. The predicted molar refractivity (Wildman–Crippen MR) is 110 cm³/mol. The minimum absolute atomic E-state index is 0.0239. The molecule has 0 bridgehead atoms. The first-order valence-corrected chi connectivity index (χ1v) is 9.65. The smallest absolute Gasteiger partial charge is 0.224 e. The standard InChI is InChI=1S/C20H28N6O2/c1-3-4-5-6-9-22-18-17-19(25-20(21)24-18)23-13-26(17)11-15-8-7-14(12-27)10-16(15)28-2/h7-8,10,13,27H,3-6,9,11-12H2,1-2H3,(H3,21,22,24,25). The second-order valence-corrected chi connectivity index (χ2v) is 6.77. The van der Waals surface area contributed by atoms with Crippen LogP contribution in [0.4, 0.5) is 11.8 Å². The fourth-order valence-corrected chi connectivity index (χ4v) is 3.20. The number of anilines is 2. The average Bonchev–Trinajstić information content (AvgIpc) is 3.10. The molecule has 0 atom stereocenters. The van der Waals surface area contributed by atoms with Gasteiger partial charge in [0.25, 0.3) is 0 Å². The SMILES string of the molecule is CCCCCCNc1nc(N)nc2ncn(Cc3ccc(CO)cc3OC)c12. The van der Waals surface area contributed by atoms with Crippen LogP contribution in [0.15, 0.2) is 24.5 Å². The van der Waals surface area contributed by atoms with Crippen LogP contribution in [0.2, 0.25) is 0 Å². The summed E-state index contributed by atoms with van der Waals surface area (Å²) in [7, 11) is 1.62. The number of nitrogen functional groups attached to an aromatic ring is 1. The summed E-state index contributed by atoms with van der Waals surface area (Å²) in [5.41, 5.74) is 9.03. The van der Waals surface area contributed by atoms with Crippen molar-refractivity contribution >= 4 is 22.9 Å². The Morgan fingerprint density at radius 2 is 2.07 bits per heavy atom. The number of methoxy groups -OCH3 is 1. The molecule has 0 saturated heterocycles. The Balaban J connectivity index is 1.88. The van der Waals surface area contributed by atoms with E-state index in [1.54, 1.807) is 13.4 Å². The zero-order valence-corrected chi connectivity index (χ0v) is 16.5. The summed E-state index contributed by atoms with van der Waals surface area (Å²) in [6.45, 7) is 3.54. The van der Waals surface area contributed by atoms with Gasteiger partial charge in [0.15, 0.2) is 11.5 Å². The highest BCUT2D eigenvalue weighted by molar-refractivity contribution is 5.84. The lowest BCUT2D eigenvalue weighted by atomic mass is 10.1. The maximum atomic E-state index is 9.34. The molecule has 0 aliphatic heterocycles. The third kappa shape index (κ3) is 4.51. The highest BCUT2D eigenvalue weighted by Crippen LogP contribution is 2.26. The fraction of sp³-hybridized carbons (Fsp3) is 0.450. The third-order valence-corrected chi connectivity index (χ3v) is 4.69. The van der Waals surface area contributed by atoms with E-state index in [4.69, 9.17) is 10.5 Å². The van der Waals surface area contributed by atoms with Crippen molar-refractivity contribution in [1.29, 1.82) is 0 Å². The minimum Gasteiger partial charge on any atom is -0.496 e. The molecular weight excluding hydrogens is 356 g/mol. The molecule has 0 unspecified atom stereocenters. The van der Waals surface area contributed by atoms with Gasteiger partial charge in [0.2, 0.25) is 5.95 Å². The topological polar surface area (TPSA) is 111 Å². The van der Waals surface area contributed by atoms with Crippen molar-refractivity contribution in [2.75, 3.05) is 24.7 Å². The number of aliphatic hydroxyl groups excluding tert-OH is 1. The van der Waals surface area contributed by atoms with Crippen molar-refractivity contribution in [3.05, 3.63) is 35.7 Å². The Bertz CT molecular complexity index is 924. The Labute approximate surface area is 164 Å². The number of unbranched alkanes of at least 4 members (excludes halogenated alkanes) is 3. The molecule has 2 aromatic heterocycles. The minimum atomic E-state index is -0.0239. The summed E-state index contributed by atoms with van der Waals surface area (Å²) in [6.07, 6.45) is 6.42. The van der Waals surface area contributed by atoms with Gasteiger partial charge in [0, 0.05) is 12.1 Å². The molecule has 150 valence electrons. The number of hydrogen-bond acceptors (Lipinski definition) is 7. The van der Waals surface area contributed by atoms with Crippen molar-refractivity contribution < 1.29 is 9.84 Å². The van der Waals surface area contributed by atoms with Crippen LogP contribution < -0.4 is 15.8 Å². The summed E-state index contributed by atoms with van der Waals surface area (Å²) in [4.78, 5) is 13.0. The van der Waals surface area contributed by atoms with Gasteiger partial charge in [-0.05, 0) is 18.1 Å². The summed E-state index contributed by atoms with van der Waals surface area (Å²) >= 11 is 0. The number of rotatable bonds is 10. The quantitative estimate of drug-likeness (QED) is 0.461. The van der Waals surface area contributed by atoms with Crippen molar-refractivity contribution in [2.24, 2.45) is 0 Å². The lowest BCUT2D eigenvalue weighted by Gasteiger charge is -2.13. The molecule has 3 rings (SSSR count). The Morgan fingerprint density at radius 3 is 2.82 bits per heavy atom. The van der Waals surface area contributed by atoms with Crippen molar-refractivity contribution in [2.45, 2.75) is 45.8 Å². The second kappa shape index (κ2) is 9.36. The van der Waals surface area contributed by atoms with Gasteiger partial charge in [-0.15, -0.1) is 0 Å². The number of nitrogens with zero attached hydrogens (tertiary/aromatic N) is 4. The number of aromatic nitrogens is 4. The lowest BCUT2D eigenvalue weighted by molar-refractivity contribution is 0.281. The van der Waals surface area contributed by atoms with Crippen LogP contribution in [0.3, 0.4) is 0 Å². The largest absolute Gasteiger partial charge is 0.496 e. The van der Waals surface area contributed by atoms with Crippen LogP contribution >= 0.6 is 0 Å². The van der Waals surface area contributed by atoms with Crippen LogP contribution in [0.5, 0.6) is 5.75 Å². The molecule has 0 amide bonds. The number of aliphatic hydroxyl groups is 1. The average molecular weight is 384 g/mol. The third-order valence-electron chi connectivity index (χ3n) is 4.69. The van der Waals surface area contributed by atoms with Gasteiger partial charge in [0.05, 0.1) is 26.6 Å². The van der Waals surface area contributed by atoms with Gasteiger partial charge < -0.3 is 25.5 Å². The van der Waals surface area contributed by atoms with Crippen LogP contribution in [-0.2, 0) is 13.2 Å². The van der Waals surface area contributed by atoms with E-state index in [1.165, 1.54) is 19.3 Å². The van der Waals surface area contributed by atoms with E-state index < -0.39 is 0 Å². The van der Waals surface area contributed by atoms with E-state index in [0.717, 1.165) is 35.4 Å². The van der Waals surface area contributed by atoms with Gasteiger partial charge in [-0.2, -0.15) is 9.97 Å². The van der Waals surface area contributed by atoms with Gasteiger partial charge in [-0.1, -0.05) is 38.3 Å². The van der Waals surface area contributed by atoms with Gasteiger partial charge in [-0.3, -0.25) is 0 Å². The van der Waals surface area contributed by atoms with Crippen LogP contribution in [0.1, 0.15) is 43.7 Å². The molecule has 0 aliphatic carbocycles. The molecule has 4 N–H and O–H groups in total. The van der Waals surface area contributed by atoms with Crippen LogP contribution in [0, 0.1) is 0 Å². The molecule has 8 heteroatoms. The van der Waals surface area contributed by atoms with E-state index in [-0.39, 0.29) is 12.6 Å². The van der Waals surface area contributed by atoms with Crippen LogP contribution in [-0.4, -0.2) is 38.3 Å². The van der Waals surface area contributed by atoms with E-state index in [1.807, 2.05) is 22.8 Å². The number of imidazole rings is 1. The predicted octanol–water partition coefficient (Wildman–Crippen LogP) is 2.95. The summed E-state index contributed by atoms with van der Waals surface area (Å²) < 4.78 is 7.47. The first kappa shape index (κ1) is 19.9. The van der Waals surface area contributed by atoms with Crippen molar-refractivity contribution in [1.82, 2.24) is 19.5 Å². The molecule has 0 aliphatic rings. The lowest BCUT2D eigenvalue weighted by Crippen LogP contribution is -2.09. The van der Waals surface area contributed by atoms with Gasteiger partial charge in [0.1, 0.15) is 11.3 Å². The summed E-state index contributed by atoms with van der Waals surface area (Å²) in [5.74, 6) is 1.62. The molecule has 8 nitrogen and oxygen atoms in total. The molecule has 1 aromatic carbocycles. The molecule has 0 spiro atoms. The molecule has 0 fully saturated rings. The number of nitrogens with one attached hydrogen (secondary N) is 1. The second-order valence-electron chi connectivity index (χ2n) is 6.77. The van der Waals surface area contributed by atoms with E-state index in [0.29, 0.717) is 18.0 Å². The molecule has 0 saturated carbocycles. The Kier molecular flexibility index (Phi) is 6.65. The van der Waals surface area contributed by atoms with Gasteiger partial charge >= 0.3 is 0 Å².